The Hall–Kier alpha value is -3.40. The predicted molar refractivity (Wildman–Crippen MR) is 117 cm³/mol. The highest BCUT2D eigenvalue weighted by Crippen LogP contribution is 2.18. The second kappa shape index (κ2) is 10.1. The third kappa shape index (κ3) is 5.60. The summed E-state index contributed by atoms with van der Waals surface area (Å²) >= 11 is 0. The van der Waals surface area contributed by atoms with E-state index in [1.807, 2.05) is 4.90 Å². The molecule has 2 amide bonds. The maximum Gasteiger partial charge on any atom is 0.413 e. The first-order valence-corrected chi connectivity index (χ1v) is 10.0. The number of ether oxygens (including phenoxy) is 2. The number of aromatic nitrogens is 2. The van der Waals surface area contributed by atoms with Gasteiger partial charge in [-0.25, -0.2) is 9.78 Å². The van der Waals surface area contributed by atoms with Gasteiger partial charge >= 0.3 is 6.09 Å². The number of aromatic amines is 1. The van der Waals surface area contributed by atoms with Gasteiger partial charge in [-0.15, -0.1) is 0 Å². The van der Waals surface area contributed by atoms with Gasteiger partial charge < -0.3 is 19.7 Å². The van der Waals surface area contributed by atoms with E-state index in [-0.39, 0.29) is 24.3 Å². The van der Waals surface area contributed by atoms with Crippen LogP contribution < -0.4 is 20.7 Å². The SMILES string of the molecule is COC(=O)N(C)c1ccc(NC(=O)CCc2c(C)nc(N3CCOCC3)[nH]c2=O)cc1. The lowest BCUT2D eigenvalue weighted by Crippen LogP contribution is -2.38. The van der Waals surface area contributed by atoms with Crippen molar-refractivity contribution >= 4 is 29.3 Å². The molecule has 3 rings (SSSR count). The molecular formula is C21H27N5O5. The molecule has 1 aromatic heterocycles. The van der Waals surface area contributed by atoms with E-state index in [0.717, 1.165) is 0 Å². The number of carbonyl (C=O) groups excluding carboxylic acids is 2. The zero-order valence-corrected chi connectivity index (χ0v) is 17.9. The molecule has 2 heterocycles. The third-order valence-electron chi connectivity index (χ3n) is 5.11. The number of hydrogen-bond donors (Lipinski definition) is 2. The second-order valence-electron chi connectivity index (χ2n) is 7.18. The van der Waals surface area contributed by atoms with Crippen molar-refractivity contribution in [2.24, 2.45) is 0 Å². The predicted octanol–water partition coefficient (Wildman–Crippen LogP) is 1.69. The molecule has 1 aliphatic heterocycles. The van der Waals surface area contributed by atoms with Crippen LogP contribution in [0.2, 0.25) is 0 Å². The van der Waals surface area contributed by atoms with Gasteiger partial charge in [0, 0.05) is 49.2 Å². The zero-order valence-electron chi connectivity index (χ0n) is 17.9. The number of carbonyl (C=O) groups is 2. The number of methoxy groups -OCH3 is 1. The normalized spacial score (nSPS) is 13.6. The molecule has 0 bridgehead atoms. The number of H-pyrrole nitrogens is 1. The highest BCUT2D eigenvalue weighted by Gasteiger charge is 2.17. The largest absolute Gasteiger partial charge is 0.452 e. The maximum atomic E-state index is 12.5. The van der Waals surface area contributed by atoms with Gasteiger partial charge in [0.15, 0.2) is 0 Å². The van der Waals surface area contributed by atoms with Gasteiger partial charge in [0.05, 0.1) is 20.3 Å². The van der Waals surface area contributed by atoms with Crippen LogP contribution in [-0.4, -0.2) is 62.4 Å². The van der Waals surface area contributed by atoms with Gasteiger partial charge in [0.25, 0.3) is 5.56 Å². The van der Waals surface area contributed by atoms with E-state index in [2.05, 4.69) is 20.0 Å². The molecule has 0 radical (unpaired) electrons. The lowest BCUT2D eigenvalue weighted by Gasteiger charge is -2.27. The van der Waals surface area contributed by atoms with E-state index in [1.54, 1.807) is 38.2 Å². The van der Waals surface area contributed by atoms with Crippen molar-refractivity contribution in [3.05, 3.63) is 45.9 Å². The topological polar surface area (TPSA) is 117 Å². The number of anilines is 3. The standard InChI is InChI=1S/C21H27N5O5/c1-14-17(19(28)24-20(22-14)26-10-12-31-13-11-26)8-9-18(27)23-15-4-6-16(7-5-15)25(2)21(29)30-3/h4-7H,8-13H2,1-3H3,(H,23,27)(H,22,24,28). The molecule has 0 unspecified atom stereocenters. The summed E-state index contributed by atoms with van der Waals surface area (Å²) in [6.45, 7) is 4.34. The van der Waals surface area contributed by atoms with Crippen molar-refractivity contribution in [2.75, 3.05) is 55.6 Å². The minimum absolute atomic E-state index is 0.145. The molecule has 0 spiro atoms. The van der Waals surface area contributed by atoms with Gasteiger partial charge in [0.2, 0.25) is 11.9 Å². The Bertz CT molecular complexity index is 983. The van der Waals surface area contributed by atoms with Crippen LogP contribution in [0.5, 0.6) is 0 Å². The Balaban J connectivity index is 1.58. The first kappa shape index (κ1) is 22.3. The third-order valence-corrected chi connectivity index (χ3v) is 5.11. The Morgan fingerprint density at radius 3 is 2.55 bits per heavy atom. The zero-order chi connectivity index (χ0) is 22.4. The van der Waals surface area contributed by atoms with Gasteiger partial charge in [-0.2, -0.15) is 0 Å². The molecule has 1 fully saturated rings. The summed E-state index contributed by atoms with van der Waals surface area (Å²) in [7, 11) is 2.91. The van der Waals surface area contributed by atoms with Crippen LogP contribution in [-0.2, 0) is 20.7 Å². The van der Waals surface area contributed by atoms with Crippen molar-refractivity contribution in [3.8, 4) is 0 Å². The van der Waals surface area contributed by atoms with Gasteiger partial charge in [-0.3, -0.25) is 19.5 Å². The van der Waals surface area contributed by atoms with Crippen LogP contribution in [0.15, 0.2) is 29.1 Å². The minimum Gasteiger partial charge on any atom is -0.452 e. The van der Waals surface area contributed by atoms with E-state index in [1.165, 1.54) is 12.0 Å². The monoisotopic (exact) mass is 429 g/mol. The summed E-state index contributed by atoms with van der Waals surface area (Å²) in [6, 6.07) is 6.80. The minimum atomic E-state index is -0.481. The Morgan fingerprint density at radius 1 is 1.26 bits per heavy atom. The molecule has 1 saturated heterocycles. The summed E-state index contributed by atoms with van der Waals surface area (Å²) in [6.07, 6.45) is -0.0515. The van der Waals surface area contributed by atoms with Crippen LogP contribution in [0.3, 0.4) is 0 Å². The first-order valence-electron chi connectivity index (χ1n) is 10.0. The number of nitrogens with one attached hydrogen (secondary N) is 2. The Kier molecular flexibility index (Phi) is 7.24. The molecule has 10 heteroatoms. The van der Waals surface area contributed by atoms with Crippen LogP contribution in [0, 0.1) is 6.92 Å². The smallest absolute Gasteiger partial charge is 0.413 e. The average molecular weight is 429 g/mol. The molecule has 1 aliphatic rings. The van der Waals surface area contributed by atoms with Gasteiger partial charge in [-0.05, 0) is 37.6 Å². The maximum absolute atomic E-state index is 12.5. The second-order valence-corrected chi connectivity index (χ2v) is 7.18. The number of nitrogens with zero attached hydrogens (tertiary/aromatic N) is 3. The van der Waals surface area contributed by atoms with Crippen LogP contribution in [0.1, 0.15) is 17.7 Å². The summed E-state index contributed by atoms with van der Waals surface area (Å²) in [5.74, 6) is 0.321. The van der Waals surface area contributed by atoms with Crippen molar-refractivity contribution in [1.82, 2.24) is 9.97 Å². The lowest BCUT2D eigenvalue weighted by molar-refractivity contribution is -0.116. The first-order chi connectivity index (χ1) is 14.9. The molecule has 166 valence electrons. The van der Waals surface area contributed by atoms with Crippen LogP contribution in [0.4, 0.5) is 22.1 Å². The van der Waals surface area contributed by atoms with Crippen LogP contribution in [0.25, 0.3) is 0 Å². The molecule has 2 N–H and O–H groups in total. The number of amides is 2. The Morgan fingerprint density at radius 2 is 1.94 bits per heavy atom. The summed E-state index contributed by atoms with van der Waals surface area (Å²) in [5.41, 5.74) is 2.13. The van der Waals surface area contributed by atoms with E-state index in [4.69, 9.17) is 4.74 Å². The molecule has 10 nitrogen and oxygen atoms in total. The summed E-state index contributed by atoms with van der Waals surface area (Å²) < 4.78 is 10.00. The van der Waals surface area contributed by atoms with Gasteiger partial charge in [-0.1, -0.05) is 0 Å². The highest BCUT2D eigenvalue weighted by molar-refractivity contribution is 5.92. The van der Waals surface area contributed by atoms with Crippen molar-refractivity contribution in [3.63, 3.8) is 0 Å². The van der Waals surface area contributed by atoms with Crippen molar-refractivity contribution < 1.29 is 19.1 Å². The highest BCUT2D eigenvalue weighted by atomic mass is 16.5. The fraction of sp³-hybridized carbons (Fsp3) is 0.429. The summed E-state index contributed by atoms with van der Waals surface area (Å²) in [4.78, 5) is 47.1. The summed E-state index contributed by atoms with van der Waals surface area (Å²) in [5, 5.41) is 2.80. The molecule has 0 atom stereocenters. The Labute approximate surface area is 180 Å². The molecule has 0 aliphatic carbocycles. The molecule has 0 saturated carbocycles. The van der Waals surface area contributed by atoms with Crippen LogP contribution >= 0.6 is 0 Å². The molecule has 31 heavy (non-hydrogen) atoms. The molecular weight excluding hydrogens is 402 g/mol. The van der Waals surface area contributed by atoms with Crippen molar-refractivity contribution in [2.45, 2.75) is 19.8 Å². The van der Waals surface area contributed by atoms with E-state index in [0.29, 0.717) is 54.9 Å². The van der Waals surface area contributed by atoms with E-state index >= 15 is 0 Å². The number of aryl methyl sites for hydroxylation is 1. The number of benzene rings is 1. The quantitative estimate of drug-likeness (QED) is 0.718. The number of morpholine rings is 1. The van der Waals surface area contributed by atoms with Crippen molar-refractivity contribution in [1.29, 1.82) is 0 Å². The number of hydrogen-bond acceptors (Lipinski definition) is 7. The number of rotatable bonds is 6. The van der Waals surface area contributed by atoms with E-state index < -0.39 is 6.09 Å². The fourth-order valence-electron chi connectivity index (χ4n) is 3.29. The van der Waals surface area contributed by atoms with E-state index in [9.17, 15) is 14.4 Å². The molecule has 2 aromatic rings. The molecule has 1 aromatic carbocycles. The lowest BCUT2D eigenvalue weighted by atomic mass is 10.1. The average Bonchev–Trinajstić information content (AvgIpc) is 2.78. The van der Waals surface area contributed by atoms with Gasteiger partial charge in [0.1, 0.15) is 0 Å². The fourth-order valence-corrected chi connectivity index (χ4v) is 3.29.